The maximum absolute atomic E-state index is 10.5. The Hall–Kier alpha value is -2.11. The number of rotatable bonds is 6. The summed E-state index contributed by atoms with van der Waals surface area (Å²) in [5.74, 6) is 1.63. The van der Waals surface area contributed by atoms with Crippen molar-refractivity contribution in [1.82, 2.24) is 0 Å². The Labute approximate surface area is 175 Å². The molecule has 2 saturated heterocycles. The van der Waals surface area contributed by atoms with E-state index in [0.29, 0.717) is 5.92 Å². The third-order valence-electron chi connectivity index (χ3n) is 8.38. The highest BCUT2D eigenvalue weighted by molar-refractivity contribution is 5.45. The SMILES string of the molecule is C[N+]1(CC2CC2)C2CCC1CC(CC(C#N)(c1ccccc1)c1ccccc1)C2. The summed E-state index contributed by atoms with van der Waals surface area (Å²) in [5, 5.41) is 10.5. The topological polar surface area (TPSA) is 23.8 Å². The zero-order chi connectivity index (χ0) is 19.9. The molecule has 0 aromatic heterocycles. The molecule has 0 amide bonds. The van der Waals surface area contributed by atoms with Gasteiger partial charge >= 0.3 is 0 Å². The monoisotopic (exact) mass is 385 g/mol. The van der Waals surface area contributed by atoms with Gasteiger partial charge in [0.25, 0.3) is 0 Å². The number of quaternary nitrogens is 1. The van der Waals surface area contributed by atoms with Crippen molar-refractivity contribution in [3.8, 4) is 6.07 Å². The Balaban J connectivity index is 1.44. The van der Waals surface area contributed by atoms with Crippen molar-refractivity contribution in [3.63, 3.8) is 0 Å². The largest absolute Gasteiger partial charge is 0.321 e. The second-order valence-electron chi connectivity index (χ2n) is 10.1. The van der Waals surface area contributed by atoms with Crippen LogP contribution in [0.15, 0.2) is 60.7 Å². The summed E-state index contributed by atoms with van der Waals surface area (Å²) >= 11 is 0. The fraction of sp³-hybridized carbons (Fsp3) is 0.519. The normalized spacial score (nSPS) is 31.4. The average molecular weight is 386 g/mol. The molecule has 1 aliphatic carbocycles. The van der Waals surface area contributed by atoms with E-state index < -0.39 is 5.41 Å². The van der Waals surface area contributed by atoms with Crippen LogP contribution in [0.2, 0.25) is 0 Å². The highest BCUT2D eigenvalue weighted by Crippen LogP contribution is 2.50. The smallest absolute Gasteiger partial charge is 0.107 e. The van der Waals surface area contributed by atoms with E-state index in [-0.39, 0.29) is 0 Å². The molecule has 2 aromatic rings. The molecule has 2 unspecified atom stereocenters. The van der Waals surface area contributed by atoms with E-state index in [4.69, 9.17) is 0 Å². The van der Waals surface area contributed by atoms with Gasteiger partial charge < -0.3 is 4.48 Å². The second-order valence-corrected chi connectivity index (χ2v) is 10.1. The Morgan fingerprint density at radius 1 is 0.828 bits per heavy atom. The highest BCUT2D eigenvalue weighted by Gasteiger charge is 2.54. The van der Waals surface area contributed by atoms with Crippen molar-refractivity contribution >= 4 is 0 Å². The summed E-state index contributed by atoms with van der Waals surface area (Å²) in [6, 6.07) is 25.5. The van der Waals surface area contributed by atoms with Crippen LogP contribution < -0.4 is 0 Å². The van der Waals surface area contributed by atoms with E-state index in [0.717, 1.165) is 35.5 Å². The molecule has 29 heavy (non-hydrogen) atoms. The Kier molecular flexibility index (Phi) is 4.75. The van der Waals surface area contributed by atoms with E-state index in [1.165, 1.54) is 49.6 Å². The van der Waals surface area contributed by atoms with Crippen LogP contribution in [0.5, 0.6) is 0 Å². The van der Waals surface area contributed by atoms with Gasteiger partial charge in [0.2, 0.25) is 0 Å². The van der Waals surface area contributed by atoms with E-state index in [9.17, 15) is 5.26 Å². The molecule has 2 aromatic carbocycles. The zero-order valence-corrected chi connectivity index (χ0v) is 17.6. The van der Waals surface area contributed by atoms with Crippen LogP contribution in [-0.4, -0.2) is 30.2 Å². The average Bonchev–Trinajstić information content (AvgIpc) is 3.55. The number of fused-ring (bicyclic) bond motifs is 2. The van der Waals surface area contributed by atoms with Crippen molar-refractivity contribution in [1.29, 1.82) is 5.26 Å². The van der Waals surface area contributed by atoms with E-state index in [1.807, 2.05) is 0 Å². The highest BCUT2D eigenvalue weighted by atomic mass is 15.4. The molecule has 1 saturated carbocycles. The van der Waals surface area contributed by atoms with E-state index >= 15 is 0 Å². The molecule has 5 rings (SSSR count). The van der Waals surface area contributed by atoms with Gasteiger partial charge in [-0.25, -0.2) is 0 Å². The zero-order valence-electron chi connectivity index (χ0n) is 17.6. The lowest BCUT2D eigenvalue weighted by atomic mass is 9.67. The van der Waals surface area contributed by atoms with Gasteiger partial charge in [-0.2, -0.15) is 5.26 Å². The third kappa shape index (κ3) is 3.30. The first kappa shape index (κ1) is 18.9. The molecule has 0 radical (unpaired) electrons. The van der Waals surface area contributed by atoms with Crippen molar-refractivity contribution in [3.05, 3.63) is 71.8 Å². The van der Waals surface area contributed by atoms with E-state index in [1.54, 1.807) is 0 Å². The molecule has 2 bridgehead atoms. The fourth-order valence-electron chi connectivity index (χ4n) is 6.63. The summed E-state index contributed by atoms with van der Waals surface area (Å²) in [7, 11) is 2.54. The molecule has 150 valence electrons. The van der Waals surface area contributed by atoms with Crippen LogP contribution in [0.1, 0.15) is 56.1 Å². The summed E-state index contributed by atoms with van der Waals surface area (Å²) in [6.45, 7) is 1.41. The van der Waals surface area contributed by atoms with Gasteiger partial charge in [0.1, 0.15) is 5.41 Å². The number of nitriles is 1. The maximum atomic E-state index is 10.5. The number of hydrogen-bond acceptors (Lipinski definition) is 1. The van der Waals surface area contributed by atoms with Gasteiger partial charge in [0.05, 0.1) is 31.7 Å². The van der Waals surface area contributed by atoms with Gasteiger partial charge in [0.15, 0.2) is 0 Å². The van der Waals surface area contributed by atoms with Gasteiger partial charge in [-0.1, -0.05) is 60.7 Å². The van der Waals surface area contributed by atoms with Gasteiger partial charge in [-0.05, 0) is 36.3 Å². The summed E-state index contributed by atoms with van der Waals surface area (Å²) in [5.41, 5.74) is 1.77. The molecule has 2 nitrogen and oxygen atoms in total. The lowest BCUT2D eigenvalue weighted by molar-refractivity contribution is -0.951. The minimum absolute atomic E-state index is 0.538. The minimum Gasteiger partial charge on any atom is -0.321 e. The molecule has 0 spiro atoms. The molecule has 2 heterocycles. The lowest BCUT2D eigenvalue weighted by Gasteiger charge is -2.48. The molecule has 2 heteroatoms. The maximum Gasteiger partial charge on any atom is 0.107 e. The van der Waals surface area contributed by atoms with Crippen molar-refractivity contribution in [2.45, 2.75) is 62.4 Å². The van der Waals surface area contributed by atoms with Gasteiger partial charge in [-0.3, -0.25) is 0 Å². The first-order valence-electron chi connectivity index (χ1n) is 11.5. The van der Waals surface area contributed by atoms with E-state index in [2.05, 4.69) is 73.8 Å². The van der Waals surface area contributed by atoms with Crippen LogP contribution >= 0.6 is 0 Å². The lowest BCUT2D eigenvalue weighted by Crippen LogP contribution is -2.58. The summed E-state index contributed by atoms with van der Waals surface area (Å²) in [4.78, 5) is 0. The van der Waals surface area contributed by atoms with Gasteiger partial charge in [0, 0.05) is 31.6 Å². The van der Waals surface area contributed by atoms with Gasteiger partial charge in [-0.15, -0.1) is 0 Å². The molecular formula is C27H33N2+. The molecule has 3 fully saturated rings. The van der Waals surface area contributed by atoms with Crippen LogP contribution in [0.3, 0.4) is 0 Å². The quantitative estimate of drug-likeness (QED) is 0.587. The fourth-order valence-corrected chi connectivity index (χ4v) is 6.63. The Morgan fingerprint density at radius 2 is 1.34 bits per heavy atom. The van der Waals surface area contributed by atoms with Crippen LogP contribution in [0.4, 0.5) is 0 Å². The van der Waals surface area contributed by atoms with Crippen molar-refractivity contribution < 1.29 is 4.48 Å². The molecule has 2 aliphatic heterocycles. The predicted octanol–water partition coefficient (Wildman–Crippen LogP) is 5.68. The standard InChI is InChI=1S/C27H33N2/c1-29(19-21-12-13-21)25-14-15-26(29)17-22(16-25)18-27(20-28,23-8-4-2-5-9-23)24-10-6-3-7-11-24/h2-11,21-22,25-26H,12-19H2,1H3/q+1. The van der Waals surface area contributed by atoms with Crippen molar-refractivity contribution in [2.75, 3.05) is 13.6 Å². The summed E-state index contributed by atoms with van der Waals surface area (Å²) in [6.07, 6.45) is 9.23. The first-order chi connectivity index (χ1) is 14.1. The second kappa shape index (κ2) is 7.29. The number of nitrogens with zero attached hydrogens (tertiary/aromatic N) is 2. The number of benzene rings is 2. The third-order valence-corrected chi connectivity index (χ3v) is 8.38. The molecular weight excluding hydrogens is 352 g/mol. The number of piperidine rings is 1. The Bertz CT molecular complexity index is 824. The van der Waals surface area contributed by atoms with Crippen LogP contribution in [0.25, 0.3) is 0 Å². The van der Waals surface area contributed by atoms with Crippen LogP contribution in [-0.2, 0) is 5.41 Å². The first-order valence-corrected chi connectivity index (χ1v) is 11.5. The molecule has 2 atom stereocenters. The minimum atomic E-state index is -0.538. The van der Waals surface area contributed by atoms with Crippen LogP contribution in [0, 0.1) is 23.2 Å². The predicted molar refractivity (Wildman–Crippen MR) is 117 cm³/mol. The molecule has 3 aliphatic rings. The Morgan fingerprint density at radius 3 is 1.79 bits per heavy atom. The number of hydrogen-bond donors (Lipinski definition) is 0. The summed E-state index contributed by atoms with van der Waals surface area (Å²) < 4.78 is 1.33. The molecule has 0 N–H and O–H groups in total. The van der Waals surface area contributed by atoms with Crippen molar-refractivity contribution in [2.24, 2.45) is 11.8 Å².